The molecule has 0 saturated carbocycles. The summed E-state index contributed by atoms with van der Waals surface area (Å²) in [6.07, 6.45) is 3.97. The minimum atomic E-state index is -0.847. The Morgan fingerprint density at radius 1 is 1.25 bits per heavy atom. The van der Waals surface area contributed by atoms with Gasteiger partial charge in [-0.15, -0.1) is 0 Å². The largest absolute Gasteiger partial charge is 0.497 e. The topological polar surface area (TPSA) is 72.3 Å². The molecular weight excluding hydrogens is 256 g/mol. The number of rotatable bonds is 6. The maximum Gasteiger partial charge on any atom is 0.307 e. The van der Waals surface area contributed by atoms with E-state index >= 15 is 0 Å². The number of benzene rings is 1. The molecule has 104 valence electrons. The summed E-state index contributed by atoms with van der Waals surface area (Å²) in [6, 6.07) is 9.14. The fraction of sp³-hybridized carbons (Fsp3) is 0.267. The van der Waals surface area contributed by atoms with E-state index in [4.69, 9.17) is 4.74 Å². The molecule has 1 aromatic heterocycles. The van der Waals surface area contributed by atoms with Crippen LogP contribution >= 0.6 is 0 Å². The Kier molecular flexibility index (Phi) is 4.65. The highest BCUT2D eigenvalue weighted by atomic mass is 16.5. The van der Waals surface area contributed by atoms with Crippen molar-refractivity contribution in [3.05, 3.63) is 54.1 Å². The van der Waals surface area contributed by atoms with Gasteiger partial charge in [0, 0.05) is 18.8 Å². The molecule has 5 nitrogen and oxygen atoms in total. The van der Waals surface area contributed by atoms with Crippen molar-refractivity contribution in [1.29, 1.82) is 0 Å². The Hall–Kier alpha value is -2.43. The molecule has 0 fully saturated rings. The lowest BCUT2D eigenvalue weighted by Gasteiger charge is -2.12. The molecule has 1 heterocycles. The van der Waals surface area contributed by atoms with E-state index in [9.17, 15) is 9.90 Å². The molecule has 2 rings (SSSR count). The third-order valence-electron chi connectivity index (χ3n) is 3.01. The van der Waals surface area contributed by atoms with Crippen molar-refractivity contribution in [2.45, 2.75) is 12.8 Å². The lowest BCUT2D eigenvalue weighted by atomic mass is 9.96. The summed E-state index contributed by atoms with van der Waals surface area (Å²) in [4.78, 5) is 19.5. The lowest BCUT2D eigenvalue weighted by Crippen LogP contribution is -2.20. The Bertz CT molecular complexity index is 572. The molecule has 1 N–H and O–H groups in total. The van der Waals surface area contributed by atoms with E-state index in [0.29, 0.717) is 18.7 Å². The van der Waals surface area contributed by atoms with Gasteiger partial charge in [0.05, 0.1) is 13.0 Å². The van der Waals surface area contributed by atoms with E-state index in [0.717, 1.165) is 11.3 Å². The van der Waals surface area contributed by atoms with Gasteiger partial charge < -0.3 is 9.84 Å². The number of carboxylic acid groups (broad SMARTS) is 1. The van der Waals surface area contributed by atoms with Gasteiger partial charge in [0.25, 0.3) is 0 Å². The van der Waals surface area contributed by atoms with Gasteiger partial charge in [-0.2, -0.15) is 0 Å². The maximum absolute atomic E-state index is 11.4. The van der Waals surface area contributed by atoms with E-state index in [1.54, 1.807) is 25.6 Å². The molecule has 0 saturated heterocycles. The van der Waals surface area contributed by atoms with E-state index in [-0.39, 0.29) is 0 Å². The van der Waals surface area contributed by atoms with Crippen molar-refractivity contribution >= 4 is 5.97 Å². The molecule has 5 heteroatoms. The highest BCUT2D eigenvalue weighted by Crippen LogP contribution is 2.18. The third kappa shape index (κ3) is 3.78. The fourth-order valence-corrected chi connectivity index (χ4v) is 1.99. The molecular formula is C15H16N2O3. The number of ether oxygens (including phenoxy) is 1. The number of hydrogen-bond acceptors (Lipinski definition) is 4. The van der Waals surface area contributed by atoms with Gasteiger partial charge in [0.2, 0.25) is 0 Å². The summed E-state index contributed by atoms with van der Waals surface area (Å²) in [5.74, 6) is -0.129. The summed E-state index contributed by atoms with van der Waals surface area (Å²) >= 11 is 0. The fourth-order valence-electron chi connectivity index (χ4n) is 1.99. The van der Waals surface area contributed by atoms with Gasteiger partial charge >= 0.3 is 5.97 Å². The van der Waals surface area contributed by atoms with E-state index in [1.165, 1.54) is 0 Å². The van der Waals surface area contributed by atoms with Crippen molar-refractivity contribution in [3.8, 4) is 5.75 Å². The number of aliphatic carboxylic acids is 1. The van der Waals surface area contributed by atoms with Crippen LogP contribution in [0, 0.1) is 5.92 Å². The first-order valence-corrected chi connectivity index (χ1v) is 6.30. The zero-order valence-electron chi connectivity index (χ0n) is 11.2. The number of hydrogen-bond donors (Lipinski definition) is 1. The molecule has 2 aromatic rings. The highest BCUT2D eigenvalue weighted by molar-refractivity contribution is 5.70. The number of nitrogens with zero attached hydrogens (tertiary/aromatic N) is 2. The van der Waals surface area contributed by atoms with Gasteiger partial charge in [-0.05, 0) is 30.2 Å². The first-order valence-electron chi connectivity index (χ1n) is 6.30. The predicted molar refractivity (Wildman–Crippen MR) is 73.6 cm³/mol. The molecule has 1 atom stereocenters. The molecule has 0 aliphatic rings. The van der Waals surface area contributed by atoms with Crippen LogP contribution in [0.1, 0.15) is 11.4 Å². The van der Waals surface area contributed by atoms with Gasteiger partial charge in [-0.25, -0.2) is 9.97 Å². The Balaban J connectivity index is 2.11. The standard InChI is InChI=1S/C15H16N2O3/c1-20-13-5-2-4-11(9-13)8-12(15(18)19)10-14-16-6-3-7-17-14/h2-7,9,12H,8,10H2,1H3,(H,18,19). The summed E-state index contributed by atoms with van der Waals surface area (Å²) in [6.45, 7) is 0. The Morgan fingerprint density at radius 3 is 2.65 bits per heavy atom. The quantitative estimate of drug-likeness (QED) is 0.870. The van der Waals surface area contributed by atoms with Crippen LogP contribution in [0.4, 0.5) is 0 Å². The number of carbonyl (C=O) groups is 1. The van der Waals surface area contributed by atoms with E-state index < -0.39 is 11.9 Å². The van der Waals surface area contributed by atoms with Crippen LogP contribution in [-0.4, -0.2) is 28.2 Å². The zero-order valence-corrected chi connectivity index (χ0v) is 11.2. The van der Waals surface area contributed by atoms with E-state index in [1.807, 2.05) is 24.3 Å². The Labute approximate surface area is 117 Å². The highest BCUT2D eigenvalue weighted by Gasteiger charge is 2.20. The molecule has 0 amide bonds. The van der Waals surface area contributed by atoms with Crippen LogP contribution in [0.25, 0.3) is 0 Å². The van der Waals surface area contributed by atoms with Gasteiger partial charge in [-0.3, -0.25) is 4.79 Å². The molecule has 0 bridgehead atoms. The Morgan fingerprint density at radius 2 is 2.00 bits per heavy atom. The molecule has 0 aliphatic heterocycles. The maximum atomic E-state index is 11.4. The molecule has 1 unspecified atom stereocenters. The van der Waals surface area contributed by atoms with Crippen LogP contribution in [0.5, 0.6) is 5.75 Å². The lowest BCUT2D eigenvalue weighted by molar-refractivity contribution is -0.141. The van der Waals surface area contributed by atoms with E-state index in [2.05, 4.69) is 9.97 Å². The van der Waals surface area contributed by atoms with Crippen molar-refractivity contribution in [2.24, 2.45) is 5.92 Å². The van der Waals surface area contributed by atoms with Gasteiger partial charge in [0.15, 0.2) is 0 Å². The van der Waals surface area contributed by atoms with Gasteiger partial charge in [-0.1, -0.05) is 12.1 Å². The van der Waals surface area contributed by atoms with Crippen LogP contribution in [0.3, 0.4) is 0 Å². The van der Waals surface area contributed by atoms with Crippen molar-refractivity contribution in [2.75, 3.05) is 7.11 Å². The zero-order chi connectivity index (χ0) is 14.4. The van der Waals surface area contributed by atoms with Crippen LogP contribution in [0.2, 0.25) is 0 Å². The average Bonchev–Trinajstić information content (AvgIpc) is 2.48. The van der Waals surface area contributed by atoms with Crippen LogP contribution in [-0.2, 0) is 17.6 Å². The van der Waals surface area contributed by atoms with Crippen molar-refractivity contribution in [1.82, 2.24) is 9.97 Å². The first kappa shape index (κ1) is 14.0. The SMILES string of the molecule is COc1cccc(CC(Cc2ncccn2)C(=O)O)c1. The number of carboxylic acids is 1. The summed E-state index contributed by atoms with van der Waals surface area (Å²) in [5, 5.41) is 9.34. The second kappa shape index (κ2) is 6.65. The molecule has 1 aromatic carbocycles. The smallest absolute Gasteiger partial charge is 0.307 e. The summed E-state index contributed by atoms with van der Waals surface area (Å²) in [5.41, 5.74) is 0.924. The third-order valence-corrected chi connectivity index (χ3v) is 3.01. The molecule has 0 spiro atoms. The van der Waals surface area contributed by atoms with Crippen LogP contribution in [0.15, 0.2) is 42.7 Å². The minimum Gasteiger partial charge on any atom is -0.497 e. The second-order valence-corrected chi connectivity index (χ2v) is 4.46. The first-order chi connectivity index (χ1) is 9.69. The van der Waals surface area contributed by atoms with Crippen LogP contribution < -0.4 is 4.74 Å². The minimum absolute atomic E-state index is 0.313. The average molecular weight is 272 g/mol. The summed E-state index contributed by atoms with van der Waals surface area (Å²) < 4.78 is 5.14. The van der Waals surface area contributed by atoms with Crippen molar-refractivity contribution in [3.63, 3.8) is 0 Å². The monoisotopic (exact) mass is 272 g/mol. The molecule has 0 radical (unpaired) electrons. The van der Waals surface area contributed by atoms with Crippen molar-refractivity contribution < 1.29 is 14.6 Å². The summed E-state index contributed by atoms with van der Waals surface area (Å²) in [7, 11) is 1.59. The molecule has 0 aliphatic carbocycles. The molecule has 20 heavy (non-hydrogen) atoms. The number of methoxy groups -OCH3 is 1. The van der Waals surface area contributed by atoms with Gasteiger partial charge in [0.1, 0.15) is 11.6 Å². The second-order valence-electron chi connectivity index (χ2n) is 4.46. The number of aromatic nitrogens is 2. The normalized spacial score (nSPS) is 11.8. The predicted octanol–water partition coefficient (Wildman–Crippen LogP) is 1.97.